The van der Waals surface area contributed by atoms with Crippen molar-refractivity contribution in [2.24, 2.45) is 4.40 Å². The highest BCUT2D eigenvalue weighted by Crippen LogP contribution is 2.33. The van der Waals surface area contributed by atoms with Crippen molar-refractivity contribution < 1.29 is 21.6 Å². The molecule has 2 fully saturated rings. The zero-order valence-corrected chi connectivity index (χ0v) is 19.6. The lowest BCUT2D eigenvalue weighted by Gasteiger charge is -2.25. The molecule has 2 aromatic carbocycles. The Bertz CT molecular complexity index is 1350. The van der Waals surface area contributed by atoms with E-state index in [-0.39, 0.29) is 20.9 Å². The first-order valence-corrected chi connectivity index (χ1v) is 14.1. The van der Waals surface area contributed by atoms with Gasteiger partial charge in [-0.3, -0.25) is 4.79 Å². The van der Waals surface area contributed by atoms with Gasteiger partial charge in [0.05, 0.1) is 10.1 Å². The van der Waals surface area contributed by atoms with Gasteiger partial charge in [0.15, 0.2) is 15.7 Å². The molecular formula is C23H25N3O5S2. The number of sulfonamides is 1. The van der Waals surface area contributed by atoms with Crippen molar-refractivity contribution in [2.75, 3.05) is 11.9 Å². The molecule has 0 radical (unpaired) electrons. The number of benzene rings is 2. The number of nitrogens with one attached hydrogen (secondary N) is 1. The number of anilines is 1. The largest absolute Gasteiger partial charge is 0.343 e. The van der Waals surface area contributed by atoms with Gasteiger partial charge in [-0.25, -0.2) is 8.42 Å². The standard InChI is InChI=1S/C23H25N3O5S2/c27-23(24-16-7-5-10-18(15-16)32(28,29)17-8-1-2-9-17)20-12-6-14-26(20)22-19-11-3-4-13-21(19)33(30,31)25-22/h3-5,7,10-11,13,15,17,20H,1-2,6,8-9,12,14H2,(H,24,27)/t20-/m0/s1. The molecule has 1 N–H and O–H groups in total. The molecule has 1 saturated heterocycles. The first-order valence-electron chi connectivity index (χ1n) is 11.1. The van der Waals surface area contributed by atoms with Gasteiger partial charge < -0.3 is 10.2 Å². The smallest absolute Gasteiger partial charge is 0.285 e. The van der Waals surface area contributed by atoms with E-state index in [1.54, 1.807) is 41.3 Å². The molecule has 5 rings (SSSR count). The third-order valence-electron chi connectivity index (χ3n) is 6.61. The number of amidine groups is 1. The Hall–Kier alpha value is -2.72. The molecule has 33 heavy (non-hydrogen) atoms. The third kappa shape index (κ3) is 3.95. The highest BCUT2D eigenvalue weighted by Gasteiger charge is 2.39. The van der Waals surface area contributed by atoms with Crippen molar-refractivity contribution in [1.82, 2.24) is 4.90 Å². The summed E-state index contributed by atoms with van der Waals surface area (Å²) in [5, 5.41) is 2.47. The van der Waals surface area contributed by atoms with Crippen LogP contribution in [0.2, 0.25) is 0 Å². The molecule has 0 aromatic heterocycles. The first-order chi connectivity index (χ1) is 15.8. The van der Waals surface area contributed by atoms with Crippen LogP contribution in [0.3, 0.4) is 0 Å². The number of nitrogens with zero attached hydrogens (tertiary/aromatic N) is 2. The minimum atomic E-state index is -3.78. The summed E-state index contributed by atoms with van der Waals surface area (Å²) in [4.78, 5) is 15.3. The zero-order valence-electron chi connectivity index (χ0n) is 18.0. The van der Waals surface area contributed by atoms with Crippen LogP contribution < -0.4 is 5.32 Å². The molecule has 2 heterocycles. The fourth-order valence-corrected chi connectivity index (χ4v) is 8.07. The van der Waals surface area contributed by atoms with Crippen molar-refractivity contribution in [3.63, 3.8) is 0 Å². The molecule has 174 valence electrons. The van der Waals surface area contributed by atoms with Crippen molar-refractivity contribution in [3.05, 3.63) is 54.1 Å². The molecule has 2 aromatic rings. The molecule has 1 atom stereocenters. The Kier molecular flexibility index (Phi) is 5.52. The Labute approximate surface area is 193 Å². The molecule has 3 aliphatic rings. The summed E-state index contributed by atoms with van der Waals surface area (Å²) < 4.78 is 54.7. The second-order valence-corrected chi connectivity index (χ2v) is 12.5. The predicted octanol–water partition coefficient (Wildman–Crippen LogP) is 2.95. The minimum Gasteiger partial charge on any atom is -0.343 e. The van der Waals surface area contributed by atoms with Crippen LogP contribution in [0.15, 0.2) is 62.7 Å². The summed E-state index contributed by atoms with van der Waals surface area (Å²) in [6, 6.07) is 12.4. The van der Waals surface area contributed by atoms with Crippen molar-refractivity contribution in [3.8, 4) is 0 Å². The van der Waals surface area contributed by atoms with Crippen LogP contribution in [0, 0.1) is 0 Å². The van der Waals surface area contributed by atoms with Crippen LogP contribution in [0.1, 0.15) is 44.1 Å². The maximum atomic E-state index is 13.2. The van der Waals surface area contributed by atoms with E-state index < -0.39 is 25.9 Å². The van der Waals surface area contributed by atoms with E-state index in [1.807, 2.05) is 0 Å². The summed E-state index contributed by atoms with van der Waals surface area (Å²) in [7, 11) is -7.22. The normalized spacial score (nSPS) is 22.2. The number of hydrogen-bond acceptors (Lipinski definition) is 6. The lowest BCUT2D eigenvalue weighted by Crippen LogP contribution is -2.43. The van der Waals surface area contributed by atoms with Gasteiger partial charge >= 0.3 is 0 Å². The second kappa shape index (κ2) is 8.25. The number of carbonyl (C=O) groups is 1. The second-order valence-electron chi connectivity index (χ2n) is 8.71. The van der Waals surface area contributed by atoms with Gasteiger partial charge in [-0.15, -0.1) is 4.40 Å². The van der Waals surface area contributed by atoms with E-state index >= 15 is 0 Å². The SMILES string of the molecule is O=C(Nc1cccc(S(=O)(=O)C2CCCC2)c1)[C@@H]1CCCN1C1=NS(=O)(=O)c2ccccc21. The fourth-order valence-electron chi connectivity index (χ4n) is 4.96. The summed E-state index contributed by atoms with van der Waals surface area (Å²) in [5.74, 6) is -0.0202. The number of likely N-dealkylation sites (tertiary alicyclic amines) is 1. The van der Waals surface area contributed by atoms with Crippen LogP contribution >= 0.6 is 0 Å². The highest BCUT2D eigenvalue weighted by molar-refractivity contribution is 7.92. The van der Waals surface area contributed by atoms with Crippen LogP contribution in [0.5, 0.6) is 0 Å². The van der Waals surface area contributed by atoms with Crippen molar-refractivity contribution >= 4 is 37.3 Å². The average molecular weight is 488 g/mol. The van der Waals surface area contributed by atoms with E-state index in [0.29, 0.717) is 42.9 Å². The topological polar surface area (TPSA) is 113 Å². The van der Waals surface area contributed by atoms with Gasteiger partial charge in [0.2, 0.25) is 5.91 Å². The van der Waals surface area contributed by atoms with Crippen molar-refractivity contribution in [2.45, 2.75) is 59.6 Å². The molecule has 10 heteroatoms. The van der Waals surface area contributed by atoms with E-state index in [1.165, 1.54) is 12.1 Å². The molecule has 2 aliphatic heterocycles. The van der Waals surface area contributed by atoms with Gasteiger partial charge in [0, 0.05) is 17.8 Å². The molecule has 1 amide bonds. The quantitative estimate of drug-likeness (QED) is 0.709. The van der Waals surface area contributed by atoms with Crippen LogP contribution in [-0.4, -0.2) is 51.3 Å². The molecule has 0 bridgehead atoms. The Morgan fingerprint density at radius 3 is 2.55 bits per heavy atom. The third-order valence-corrected chi connectivity index (χ3v) is 10.2. The molecule has 0 spiro atoms. The average Bonchev–Trinajstić information content (AvgIpc) is 3.54. The van der Waals surface area contributed by atoms with Crippen LogP contribution in [0.25, 0.3) is 0 Å². The van der Waals surface area contributed by atoms with Gasteiger partial charge in [-0.05, 0) is 56.0 Å². The maximum Gasteiger partial charge on any atom is 0.285 e. The zero-order chi connectivity index (χ0) is 23.2. The summed E-state index contributed by atoms with van der Waals surface area (Å²) in [6.45, 7) is 0.511. The number of fused-ring (bicyclic) bond motifs is 1. The minimum absolute atomic E-state index is 0.149. The number of rotatable bonds is 4. The van der Waals surface area contributed by atoms with Gasteiger partial charge in [-0.2, -0.15) is 8.42 Å². The van der Waals surface area contributed by atoms with Crippen molar-refractivity contribution in [1.29, 1.82) is 0 Å². The predicted molar refractivity (Wildman–Crippen MR) is 124 cm³/mol. The fraction of sp³-hybridized carbons (Fsp3) is 0.391. The van der Waals surface area contributed by atoms with Crippen LogP contribution in [0.4, 0.5) is 5.69 Å². The van der Waals surface area contributed by atoms with Gasteiger partial charge in [-0.1, -0.05) is 31.0 Å². The Morgan fingerprint density at radius 1 is 1.00 bits per heavy atom. The van der Waals surface area contributed by atoms with Crippen LogP contribution in [-0.2, 0) is 24.7 Å². The number of carbonyl (C=O) groups excluding carboxylic acids is 1. The van der Waals surface area contributed by atoms with E-state index in [9.17, 15) is 21.6 Å². The van der Waals surface area contributed by atoms with Gasteiger partial charge in [0.25, 0.3) is 10.0 Å². The van der Waals surface area contributed by atoms with Gasteiger partial charge in [0.1, 0.15) is 10.9 Å². The summed E-state index contributed by atoms with van der Waals surface area (Å²) in [6.07, 6.45) is 4.44. The monoisotopic (exact) mass is 487 g/mol. The first kappa shape index (κ1) is 22.1. The lowest BCUT2D eigenvalue weighted by molar-refractivity contribution is -0.119. The molecule has 1 saturated carbocycles. The van der Waals surface area contributed by atoms with E-state index in [4.69, 9.17) is 0 Å². The Morgan fingerprint density at radius 2 is 1.76 bits per heavy atom. The lowest BCUT2D eigenvalue weighted by atomic mass is 10.1. The van der Waals surface area contributed by atoms with E-state index in [2.05, 4.69) is 9.71 Å². The highest BCUT2D eigenvalue weighted by atomic mass is 32.2. The summed E-state index contributed by atoms with van der Waals surface area (Å²) >= 11 is 0. The number of amides is 1. The maximum absolute atomic E-state index is 13.2. The van der Waals surface area contributed by atoms with E-state index in [0.717, 1.165) is 19.3 Å². The number of sulfone groups is 1. The summed E-state index contributed by atoms with van der Waals surface area (Å²) in [5.41, 5.74) is 0.911. The number of hydrogen-bond donors (Lipinski definition) is 1. The molecule has 0 unspecified atom stereocenters. The molecule has 1 aliphatic carbocycles. The Balaban J connectivity index is 1.38. The molecule has 8 nitrogen and oxygen atoms in total. The molecular weight excluding hydrogens is 462 g/mol.